The van der Waals surface area contributed by atoms with Crippen molar-refractivity contribution in [1.82, 2.24) is 5.01 Å². The van der Waals surface area contributed by atoms with Gasteiger partial charge in [0.1, 0.15) is 6.04 Å². The molecular weight excluding hydrogens is 130 g/mol. The Kier molecular flexibility index (Phi) is 0.956. The monoisotopic (exact) mass is 137 g/mol. The van der Waals surface area contributed by atoms with E-state index >= 15 is 0 Å². The second-order valence-electron chi connectivity index (χ2n) is 2.91. The highest BCUT2D eigenvalue weighted by atomic mass is 16.3. The van der Waals surface area contributed by atoms with Gasteiger partial charge in [0.15, 0.2) is 0 Å². The second kappa shape index (κ2) is 1.69. The smallest absolute Gasteiger partial charge is 0.137 e. The lowest BCUT2D eigenvalue weighted by Gasteiger charge is -2.12. The van der Waals surface area contributed by atoms with Crippen LogP contribution in [0.4, 0.5) is 0 Å². The van der Waals surface area contributed by atoms with Crippen molar-refractivity contribution in [2.24, 2.45) is 11.2 Å². The number of nitrogens with zero attached hydrogens (tertiary/aromatic N) is 3. The average Bonchev–Trinajstić information content (AvgIpc) is 2.63. The predicted octanol–water partition coefficient (Wildman–Crippen LogP) is 0.654. The molecule has 2 rings (SSSR count). The quantitative estimate of drug-likeness (QED) is 0.498. The van der Waals surface area contributed by atoms with E-state index < -0.39 is 0 Å². The Labute approximate surface area is 58.4 Å². The molecule has 0 amide bonds. The van der Waals surface area contributed by atoms with Crippen LogP contribution in [0.25, 0.3) is 0 Å². The summed E-state index contributed by atoms with van der Waals surface area (Å²) in [5.74, 6) is 0.586. The van der Waals surface area contributed by atoms with Crippen LogP contribution in [-0.2, 0) is 0 Å². The number of hydrogen-bond donors (Lipinski definition) is 0. The molecule has 1 saturated heterocycles. The number of nitriles is 1. The summed E-state index contributed by atoms with van der Waals surface area (Å²) >= 11 is 0. The fourth-order valence-corrected chi connectivity index (χ4v) is 1.66. The molecule has 52 valence electrons. The zero-order valence-electron chi connectivity index (χ0n) is 5.40. The lowest BCUT2D eigenvalue weighted by molar-refractivity contribution is 0.266. The van der Waals surface area contributed by atoms with E-state index in [1.807, 2.05) is 0 Å². The molecule has 0 aromatic heterocycles. The van der Waals surface area contributed by atoms with Gasteiger partial charge in [0.05, 0.1) is 17.4 Å². The minimum Gasteiger partial charge on any atom is -0.240 e. The van der Waals surface area contributed by atoms with Crippen molar-refractivity contribution in [3.63, 3.8) is 0 Å². The molecule has 1 heterocycles. The van der Waals surface area contributed by atoms with Crippen molar-refractivity contribution in [3.8, 4) is 6.07 Å². The number of nitroso groups, excluding NO2 is 1. The number of fused-ring (bicyclic) bond motifs is 1. The molecule has 2 fully saturated rings. The SMILES string of the molecule is N#C[C@H]1C[C@H]2C[C@H]2N1N=O. The van der Waals surface area contributed by atoms with Crippen LogP contribution in [-0.4, -0.2) is 17.1 Å². The van der Waals surface area contributed by atoms with Crippen LogP contribution in [0.3, 0.4) is 0 Å². The van der Waals surface area contributed by atoms with Gasteiger partial charge in [-0.15, -0.1) is 4.91 Å². The average molecular weight is 137 g/mol. The van der Waals surface area contributed by atoms with E-state index in [-0.39, 0.29) is 6.04 Å². The molecule has 1 aliphatic carbocycles. The first-order valence-corrected chi connectivity index (χ1v) is 3.38. The largest absolute Gasteiger partial charge is 0.240 e. The second-order valence-corrected chi connectivity index (χ2v) is 2.91. The Bertz CT molecular complexity index is 210. The number of rotatable bonds is 1. The first-order chi connectivity index (χ1) is 4.86. The van der Waals surface area contributed by atoms with E-state index in [1.54, 1.807) is 0 Å². The summed E-state index contributed by atoms with van der Waals surface area (Å²) < 4.78 is 0. The van der Waals surface area contributed by atoms with Crippen LogP contribution in [0.5, 0.6) is 0 Å². The molecule has 0 spiro atoms. The van der Waals surface area contributed by atoms with Crippen molar-refractivity contribution in [1.29, 1.82) is 5.26 Å². The summed E-state index contributed by atoms with van der Waals surface area (Å²) in [5.41, 5.74) is 0. The summed E-state index contributed by atoms with van der Waals surface area (Å²) in [6.45, 7) is 0. The highest BCUT2D eigenvalue weighted by Crippen LogP contribution is 2.47. The van der Waals surface area contributed by atoms with Gasteiger partial charge in [0.25, 0.3) is 0 Å². The van der Waals surface area contributed by atoms with Gasteiger partial charge in [-0.05, 0) is 18.8 Å². The Hall–Kier alpha value is -1.11. The fraction of sp³-hybridized carbons (Fsp3) is 0.833. The van der Waals surface area contributed by atoms with E-state index in [9.17, 15) is 4.91 Å². The Morgan fingerprint density at radius 2 is 2.40 bits per heavy atom. The molecule has 4 heteroatoms. The Balaban J connectivity index is 2.13. The summed E-state index contributed by atoms with van der Waals surface area (Å²) in [7, 11) is 0. The van der Waals surface area contributed by atoms with Crippen LogP contribution < -0.4 is 0 Å². The van der Waals surface area contributed by atoms with Crippen LogP contribution in [0.1, 0.15) is 12.8 Å². The Morgan fingerprint density at radius 3 is 2.90 bits per heavy atom. The molecule has 4 nitrogen and oxygen atoms in total. The van der Waals surface area contributed by atoms with Gasteiger partial charge < -0.3 is 0 Å². The minimum absolute atomic E-state index is 0.235. The first-order valence-electron chi connectivity index (χ1n) is 3.38. The predicted molar refractivity (Wildman–Crippen MR) is 33.5 cm³/mol. The zero-order valence-corrected chi connectivity index (χ0v) is 5.40. The van der Waals surface area contributed by atoms with Crippen molar-refractivity contribution < 1.29 is 0 Å². The van der Waals surface area contributed by atoms with Crippen molar-refractivity contribution in [2.75, 3.05) is 0 Å². The van der Waals surface area contributed by atoms with Gasteiger partial charge in [-0.3, -0.25) is 0 Å². The maximum Gasteiger partial charge on any atom is 0.137 e. The van der Waals surface area contributed by atoms with Gasteiger partial charge in [-0.2, -0.15) is 5.26 Å². The highest BCUT2D eigenvalue weighted by molar-refractivity contribution is 5.10. The van der Waals surface area contributed by atoms with Crippen molar-refractivity contribution in [3.05, 3.63) is 4.91 Å². The molecule has 0 radical (unpaired) electrons. The molecule has 0 aromatic rings. The van der Waals surface area contributed by atoms with Crippen molar-refractivity contribution >= 4 is 0 Å². The zero-order chi connectivity index (χ0) is 7.14. The third kappa shape index (κ3) is 0.548. The van der Waals surface area contributed by atoms with E-state index in [2.05, 4.69) is 11.4 Å². The van der Waals surface area contributed by atoms with Gasteiger partial charge in [0.2, 0.25) is 0 Å². The summed E-state index contributed by atoms with van der Waals surface area (Å²) in [6, 6.07) is 2.13. The maximum absolute atomic E-state index is 10.1. The number of piperidine rings is 1. The maximum atomic E-state index is 10.1. The van der Waals surface area contributed by atoms with E-state index in [0.29, 0.717) is 12.0 Å². The molecule has 3 atom stereocenters. The van der Waals surface area contributed by atoms with Crippen molar-refractivity contribution in [2.45, 2.75) is 24.9 Å². The summed E-state index contributed by atoms with van der Waals surface area (Å²) in [5, 5.41) is 12.7. The lowest BCUT2D eigenvalue weighted by Crippen LogP contribution is -2.25. The molecule has 0 unspecified atom stereocenters. The summed E-state index contributed by atoms with van der Waals surface area (Å²) in [4.78, 5) is 10.1. The van der Waals surface area contributed by atoms with Crippen LogP contribution in [0.15, 0.2) is 5.29 Å². The van der Waals surface area contributed by atoms with Gasteiger partial charge in [-0.1, -0.05) is 0 Å². The molecule has 1 saturated carbocycles. The van der Waals surface area contributed by atoms with Crippen LogP contribution in [0.2, 0.25) is 0 Å². The molecule has 1 aliphatic heterocycles. The van der Waals surface area contributed by atoms with Crippen LogP contribution in [0, 0.1) is 22.2 Å². The lowest BCUT2D eigenvalue weighted by atomic mass is 10.2. The molecule has 0 aromatic carbocycles. The normalized spacial score (nSPS) is 42.3. The Morgan fingerprint density at radius 1 is 1.60 bits per heavy atom. The van der Waals surface area contributed by atoms with Gasteiger partial charge in [0, 0.05) is 0 Å². The van der Waals surface area contributed by atoms with Crippen LogP contribution >= 0.6 is 0 Å². The highest BCUT2D eigenvalue weighted by Gasteiger charge is 2.53. The number of hydrogen-bond acceptors (Lipinski definition) is 3. The fourth-order valence-electron chi connectivity index (χ4n) is 1.66. The summed E-state index contributed by atoms with van der Waals surface area (Å²) in [6.07, 6.45) is 1.90. The standard InChI is InChI=1S/C6H7N3O/c7-3-5-1-4-2-6(4)9(5)8-10/h4-6H,1-2H2/t4-,5+,6+/m0/s1. The molecule has 10 heavy (non-hydrogen) atoms. The molecule has 2 aliphatic rings. The van der Waals surface area contributed by atoms with Gasteiger partial charge in [-0.25, -0.2) is 5.01 Å². The van der Waals surface area contributed by atoms with E-state index in [0.717, 1.165) is 12.8 Å². The van der Waals surface area contributed by atoms with Gasteiger partial charge >= 0.3 is 0 Å². The minimum atomic E-state index is -0.235. The third-order valence-electron chi connectivity index (χ3n) is 2.31. The third-order valence-corrected chi connectivity index (χ3v) is 2.31. The molecule has 0 bridgehead atoms. The molecule has 0 N–H and O–H groups in total. The first kappa shape index (κ1) is 5.66. The van der Waals surface area contributed by atoms with E-state index in [4.69, 9.17) is 5.26 Å². The van der Waals surface area contributed by atoms with E-state index in [1.165, 1.54) is 5.01 Å². The molecular formula is C6H7N3O. The topological polar surface area (TPSA) is 56.5 Å².